The van der Waals surface area contributed by atoms with Gasteiger partial charge in [-0.15, -0.1) is 0 Å². The van der Waals surface area contributed by atoms with Gasteiger partial charge in [0.25, 0.3) is 0 Å². The van der Waals surface area contributed by atoms with Crippen molar-refractivity contribution in [2.24, 2.45) is 0 Å². The van der Waals surface area contributed by atoms with Crippen molar-refractivity contribution in [2.75, 3.05) is 13.7 Å². The van der Waals surface area contributed by atoms with Crippen LogP contribution in [-0.2, 0) is 9.53 Å². The van der Waals surface area contributed by atoms with E-state index in [1.54, 1.807) is 13.2 Å². The zero-order chi connectivity index (χ0) is 11.3. The summed E-state index contributed by atoms with van der Waals surface area (Å²) < 4.78 is 5.27. The molecule has 1 amide bonds. The molecule has 1 rings (SSSR count). The molecule has 0 heterocycles. The standard InChI is InChI=1S/C11H14ClNO2/c1-8(14)13-7-11(15-2)9-5-3-4-6-10(9)12/h3-6,11H,7H2,1-2H3,(H,13,14)/t11-/m1/s1. The predicted molar refractivity (Wildman–Crippen MR) is 59.9 cm³/mol. The Morgan fingerprint density at radius 3 is 2.73 bits per heavy atom. The maximum Gasteiger partial charge on any atom is 0.216 e. The normalized spacial score (nSPS) is 12.2. The van der Waals surface area contributed by atoms with Crippen LogP contribution < -0.4 is 5.32 Å². The van der Waals surface area contributed by atoms with Crippen LogP contribution in [0.25, 0.3) is 0 Å². The second-order valence-corrected chi connectivity index (χ2v) is 3.59. The van der Waals surface area contributed by atoms with E-state index in [2.05, 4.69) is 5.32 Å². The number of ether oxygens (including phenoxy) is 1. The summed E-state index contributed by atoms with van der Waals surface area (Å²) in [6.07, 6.45) is -0.206. The van der Waals surface area contributed by atoms with Gasteiger partial charge in [0.15, 0.2) is 0 Å². The molecule has 3 nitrogen and oxygen atoms in total. The van der Waals surface area contributed by atoms with Gasteiger partial charge in [0.05, 0.1) is 0 Å². The Bertz CT molecular complexity index is 341. The minimum absolute atomic E-state index is 0.0795. The average Bonchev–Trinajstić information content (AvgIpc) is 2.21. The molecule has 0 spiro atoms. The van der Waals surface area contributed by atoms with Crippen LogP contribution in [0, 0.1) is 0 Å². The van der Waals surface area contributed by atoms with Gasteiger partial charge >= 0.3 is 0 Å². The van der Waals surface area contributed by atoms with Crippen molar-refractivity contribution in [1.29, 1.82) is 0 Å². The number of hydrogen-bond donors (Lipinski definition) is 1. The van der Waals surface area contributed by atoms with Crippen molar-refractivity contribution < 1.29 is 9.53 Å². The van der Waals surface area contributed by atoms with Crippen LogP contribution in [0.2, 0.25) is 5.02 Å². The van der Waals surface area contributed by atoms with E-state index in [1.165, 1.54) is 6.92 Å². The third kappa shape index (κ3) is 3.53. The minimum atomic E-state index is -0.206. The monoisotopic (exact) mass is 227 g/mol. The number of carbonyl (C=O) groups excluding carboxylic acids is 1. The molecule has 15 heavy (non-hydrogen) atoms. The summed E-state index contributed by atoms with van der Waals surface area (Å²) in [5, 5.41) is 3.35. The molecular formula is C11H14ClNO2. The van der Waals surface area contributed by atoms with Gasteiger partial charge in [-0.2, -0.15) is 0 Å². The molecule has 0 aliphatic heterocycles. The Morgan fingerprint density at radius 1 is 1.53 bits per heavy atom. The van der Waals surface area contributed by atoms with Crippen molar-refractivity contribution in [3.8, 4) is 0 Å². The molecule has 0 bridgehead atoms. The fourth-order valence-electron chi connectivity index (χ4n) is 1.29. The topological polar surface area (TPSA) is 38.3 Å². The quantitative estimate of drug-likeness (QED) is 0.856. The third-order valence-electron chi connectivity index (χ3n) is 2.07. The van der Waals surface area contributed by atoms with Crippen molar-refractivity contribution in [1.82, 2.24) is 5.32 Å². The number of benzene rings is 1. The fourth-order valence-corrected chi connectivity index (χ4v) is 1.55. The lowest BCUT2D eigenvalue weighted by molar-refractivity contribution is -0.119. The van der Waals surface area contributed by atoms with Crippen LogP contribution in [0.3, 0.4) is 0 Å². The first kappa shape index (κ1) is 12.0. The van der Waals surface area contributed by atoms with Gasteiger partial charge in [0.1, 0.15) is 6.10 Å². The summed E-state index contributed by atoms with van der Waals surface area (Å²) in [6, 6.07) is 7.44. The highest BCUT2D eigenvalue weighted by atomic mass is 35.5. The van der Waals surface area contributed by atoms with Crippen molar-refractivity contribution in [3.63, 3.8) is 0 Å². The smallest absolute Gasteiger partial charge is 0.216 e. The van der Waals surface area contributed by atoms with Gasteiger partial charge in [-0.3, -0.25) is 4.79 Å². The van der Waals surface area contributed by atoms with E-state index >= 15 is 0 Å². The molecule has 0 unspecified atom stereocenters. The van der Waals surface area contributed by atoms with Crippen LogP contribution in [0.15, 0.2) is 24.3 Å². The Labute approximate surface area is 94.4 Å². The molecule has 0 aliphatic rings. The van der Waals surface area contributed by atoms with Crippen LogP contribution >= 0.6 is 11.6 Å². The summed E-state index contributed by atoms with van der Waals surface area (Å²) in [4.78, 5) is 10.8. The first-order valence-electron chi connectivity index (χ1n) is 4.66. The molecule has 1 aromatic carbocycles. The lowest BCUT2D eigenvalue weighted by Gasteiger charge is -2.17. The maximum atomic E-state index is 10.8. The van der Waals surface area contributed by atoms with Gasteiger partial charge in [-0.25, -0.2) is 0 Å². The van der Waals surface area contributed by atoms with Gasteiger partial charge in [-0.1, -0.05) is 29.8 Å². The summed E-state index contributed by atoms with van der Waals surface area (Å²) >= 11 is 6.02. The number of halogens is 1. The Kier molecular flexibility index (Phi) is 4.59. The Morgan fingerprint density at radius 2 is 2.20 bits per heavy atom. The number of methoxy groups -OCH3 is 1. The largest absolute Gasteiger partial charge is 0.375 e. The molecule has 4 heteroatoms. The van der Waals surface area contributed by atoms with E-state index in [0.717, 1.165) is 5.56 Å². The zero-order valence-corrected chi connectivity index (χ0v) is 9.54. The molecule has 0 saturated carbocycles. The SMILES string of the molecule is CO[C@H](CNC(C)=O)c1ccccc1Cl. The molecule has 0 aromatic heterocycles. The first-order chi connectivity index (χ1) is 7.15. The fraction of sp³-hybridized carbons (Fsp3) is 0.364. The highest BCUT2D eigenvalue weighted by Gasteiger charge is 2.13. The molecule has 0 saturated heterocycles. The second kappa shape index (κ2) is 5.73. The van der Waals surface area contributed by atoms with Crippen LogP contribution in [0.5, 0.6) is 0 Å². The number of rotatable bonds is 4. The summed E-state index contributed by atoms with van der Waals surface area (Å²) in [5.41, 5.74) is 0.885. The first-order valence-corrected chi connectivity index (χ1v) is 5.04. The van der Waals surface area contributed by atoms with E-state index in [0.29, 0.717) is 11.6 Å². The molecule has 1 atom stereocenters. The van der Waals surface area contributed by atoms with E-state index in [4.69, 9.17) is 16.3 Å². The highest BCUT2D eigenvalue weighted by Crippen LogP contribution is 2.24. The molecular weight excluding hydrogens is 214 g/mol. The number of amides is 1. The van der Waals surface area contributed by atoms with Gasteiger partial charge < -0.3 is 10.1 Å². The van der Waals surface area contributed by atoms with E-state index in [9.17, 15) is 4.79 Å². The van der Waals surface area contributed by atoms with Crippen molar-refractivity contribution in [3.05, 3.63) is 34.9 Å². The Balaban J connectivity index is 2.74. The number of hydrogen-bond acceptors (Lipinski definition) is 2. The van der Waals surface area contributed by atoms with Gasteiger partial charge in [0, 0.05) is 31.2 Å². The summed E-state index contributed by atoms with van der Waals surface area (Å²) in [7, 11) is 1.59. The van der Waals surface area contributed by atoms with Crippen LogP contribution in [0.4, 0.5) is 0 Å². The highest BCUT2D eigenvalue weighted by molar-refractivity contribution is 6.31. The summed E-state index contributed by atoms with van der Waals surface area (Å²) in [5.74, 6) is -0.0795. The van der Waals surface area contributed by atoms with Crippen molar-refractivity contribution in [2.45, 2.75) is 13.0 Å². The van der Waals surface area contributed by atoms with E-state index in [-0.39, 0.29) is 12.0 Å². The Hall–Kier alpha value is -1.06. The van der Waals surface area contributed by atoms with Gasteiger partial charge in [0.2, 0.25) is 5.91 Å². The van der Waals surface area contributed by atoms with E-state index < -0.39 is 0 Å². The summed E-state index contributed by atoms with van der Waals surface area (Å²) in [6.45, 7) is 1.90. The van der Waals surface area contributed by atoms with Crippen LogP contribution in [0.1, 0.15) is 18.6 Å². The molecule has 1 aromatic rings. The predicted octanol–water partition coefficient (Wildman–Crippen LogP) is 2.16. The number of nitrogens with one attached hydrogen (secondary N) is 1. The molecule has 0 fully saturated rings. The maximum absolute atomic E-state index is 10.8. The molecule has 0 aliphatic carbocycles. The lowest BCUT2D eigenvalue weighted by atomic mass is 10.1. The van der Waals surface area contributed by atoms with Crippen LogP contribution in [-0.4, -0.2) is 19.6 Å². The average molecular weight is 228 g/mol. The third-order valence-corrected chi connectivity index (χ3v) is 2.42. The van der Waals surface area contributed by atoms with E-state index in [1.807, 2.05) is 18.2 Å². The lowest BCUT2D eigenvalue weighted by Crippen LogP contribution is -2.26. The zero-order valence-electron chi connectivity index (χ0n) is 8.79. The minimum Gasteiger partial charge on any atom is -0.375 e. The molecule has 82 valence electrons. The molecule has 0 radical (unpaired) electrons. The number of carbonyl (C=O) groups is 1. The molecule has 1 N–H and O–H groups in total. The van der Waals surface area contributed by atoms with Crippen molar-refractivity contribution >= 4 is 17.5 Å². The van der Waals surface area contributed by atoms with Gasteiger partial charge in [-0.05, 0) is 6.07 Å². The second-order valence-electron chi connectivity index (χ2n) is 3.18.